The average molecular weight is 255 g/mol. The van der Waals surface area contributed by atoms with Crippen molar-refractivity contribution in [3.05, 3.63) is 47.0 Å². The van der Waals surface area contributed by atoms with Crippen LogP contribution < -0.4 is 0 Å². The summed E-state index contributed by atoms with van der Waals surface area (Å²) in [6.07, 6.45) is 1.81. The molecule has 1 amide bonds. The van der Waals surface area contributed by atoms with Gasteiger partial charge in [-0.1, -0.05) is 11.6 Å². The molecule has 0 aliphatic carbocycles. The Bertz CT molecular complexity index is 672. The Balaban J connectivity index is 2.36. The summed E-state index contributed by atoms with van der Waals surface area (Å²) in [5.74, 6) is 0.0642. The predicted molar refractivity (Wildman–Crippen MR) is 73.5 cm³/mol. The van der Waals surface area contributed by atoms with Crippen LogP contribution >= 0.6 is 0 Å². The number of aromatic nitrogens is 2. The zero-order chi connectivity index (χ0) is 13.7. The molecule has 1 atom stereocenters. The molecule has 3 rings (SSSR count). The molecule has 19 heavy (non-hydrogen) atoms. The van der Waals surface area contributed by atoms with Gasteiger partial charge in [-0.2, -0.15) is 0 Å². The fourth-order valence-corrected chi connectivity index (χ4v) is 2.72. The van der Waals surface area contributed by atoms with Crippen LogP contribution in [-0.2, 0) is 0 Å². The number of rotatable bonds is 0. The summed E-state index contributed by atoms with van der Waals surface area (Å²) in [6.45, 7) is 6.03. The lowest BCUT2D eigenvalue weighted by atomic mass is 10.1. The fraction of sp³-hybridized carbons (Fsp3) is 0.333. The molecule has 0 saturated carbocycles. The van der Waals surface area contributed by atoms with Crippen LogP contribution in [0.4, 0.5) is 0 Å². The summed E-state index contributed by atoms with van der Waals surface area (Å²) in [5, 5.41) is 0. The van der Waals surface area contributed by atoms with E-state index in [1.165, 1.54) is 0 Å². The largest absolute Gasteiger partial charge is 0.333 e. The summed E-state index contributed by atoms with van der Waals surface area (Å²) < 4.78 is 2.04. The van der Waals surface area contributed by atoms with Crippen molar-refractivity contribution in [1.82, 2.24) is 14.5 Å². The van der Waals surface area contributed by atoms with Gasteiger partial charge in [0.05, 0.1) is 35.0 Å². The minimum absolute atomic E-state index is 0.0164. The van der Waals surface area contributed by atoms with E-state index in [0.29, 0.717) is 0 Å². The molecule has 0 fully saturated rings. The van der Waals surface area contributed by atoms with Gasteiger partial charge in [-0.15, -0.1) is 0 Å². The van der Waals surface area contributed by atoms with Gasteiger partial charge in [0, 0.05) is 7.05 Å². The molecular weight excluding hydrogens is 238 g/mol. The predicted octanol–water partition coefficient (Wildman–Crippen LogP) is 2.64. The van der Waals surface area contributed by atoms with Crippen LogP contribution in [0.1, 0.15) is 40.3 Å². The van der Waals surface area contributed by atoms with E-state index in [1.54, 1.807) is 4.90 Å². The van der Waals surface area contributed by atoms with Crippen molar-refractivity contribution in [2.75, 3.05) is 7.05 Å². The van der Waals surface area contributed by atoms with E-state index >= 15 is 0 Å². The number of amides is 1. The Hall–Kier alpha value is -2.10. The number of nitrogens with zero attached hydrogens (tertiary/aromatic N) is 3. The van der Waals surface area contributed by atoms with Crippen LogP contribution in [0.25, 0.3) is 5.69 Å². The third kappa shape index (κ3) is 1.59. The van der Waals surface area contributed by atoms with Crippen molar-refractivity contribution in [2.45, 2.75) is 26.8 Å². The SMILES string of the molecule is Cc1ccc2c(c1)C(=O)N(C)C(C)c1c(C)ncn1-2. The van der Waals surface area contributed by atoms with Gasteiger partial charge in [-0.3, -0.25) is 4.79 Å². The topological polar surface area (TPSA) is 38.1 Å². The molecule has 2 aromatic rings. The average Bonchev–Trinajstić information content (AvgIpc) is 2.74. The first kappa shape index (κ1) is 12.0. The van der Waals surface area contributed by atoms with Crippen LogP contribution in [0, 0.1) is 13.8 Å². The van der Waals surface area contributed by atoms with E-state index in [4.69, 9.17) is 0 Å². The number of fused-ring (bicyclic) bond motifs is 3. The van der Waals surface area contributed by atoms with E-state index in [0.717, 1.165) is 28.2 Å². The number of hydrogen-bond donors (Lipinski definition) is 0. The molecule has 0 N–H and O–H groups in total. The second-order valence-corrected chi connectivity index (χ2v) is 5.20. The van der Waals surface area contributed by atoms with Crippen molar-refractivity contribution in [2.24, 2.45) is 0 Å². The standard InChI is InChI=1S/C15H17N3O/c1-9-5-6-13-12(7-9)15(19)17(4)11(3)14-10(2)16-8-18(13)14/h5-8,11H,1-4H3. The van der Waals surface area contributed by atoms with Crippen molar-refractivity contribution in [3.63, 3.8) is 0 Å². The van der Waals surface area contributed by atoms with Crippen molar-refractivity contribution in [1.29, 1.82) is 0 Å². The quantitative estimate of drug-likeness (QED) is 0.725. The summed E-state index contributed by atoms with van der Waals surface area (Å²) in [4.78, 5) is 18.7. The lowest BCUT2D eigenvalue weighted by molar-refractivity contribution is 0.0745. The van der Waals surface area contributed by atoms with E-state index in [9.17, 15) is 4.79 Å². The highest BCUT2D eigenvalue weighted by molar-refractivity contribution is 5.98. The van der Waals surface area contributed by atoms with Crippen molar-refractivity contribution >= 4 is 5.91 Å². The molecule has 1 unspecified atom stereocenters. The first-order valence-corrected chi connectivity index (χ1v) is 6.42. The molecule has 4 nitrogen and oxygen atoms in total. The van der Waals surface area contributed by atoms with Gasteiger partial charge < -0.3 is 9.47 Å². The van der Waals surface area contributed by atoms with E-state index in [2.05, 4.69) is 4.98 Å². The Morgan fingerprint density at radius 1 is 1.26 bits per heavy atom. The van der Waals surface area contributed by atoms with Crippen LogP contribution in [0.5, 0.6) is 0 Å². The van der Waals surface area contributed by atoms with Gasteiger partial charge >= 0.3 is 0 Å². The van der Waals surface area contributed by atoms with Gasteiger partial charge in [0.2, 0.25) is 0 Å². The van der Waals surface area contributed by atoms with Crippen LogP contribution in [0.15, 0.2) is 24.5 Å². The molecular formula is C15H17N3O. The lowest BCUT2D eigenvalue weighted by Crippen LogP contribution is -2.28. The molecule has 2 heterocycles. The molecule has 0 radical (unpaired) electrons. The molecule has 1 aliphatic heterocycles. The zero-order valence-electron chi connectivity index (χ0n) is 11.6. The Morgan fingerprint density at radius 3 is 2.74 bits per heavy atom. The maximum Gasteiger partial charge on any atom is 0.256 e. The lowest BCUT2D eigenvalue weighted by Gasteiger charge is -2.22. The molecule has 1 aromatic heterocycles. The fourth-order valence-electron chi connectivity index (χ4n) is 2.72. The van der Waals surface area contributed by atoms with Crippen LogP contribution in [0.2, 0.25) is 0 Å². The highest BCUT2D eigenvalue weighted by atomic mass is 16.2. The second kappa shape index (κ2) is 3.95. The molecule has 1 aliphatic rings. The van der Waals surface area contributed by atoms with Crippen LogP contribution in [0.3, 0.4) is 0 Å². The summed E-state index contributed by atoms with van der Waals surface area (Å²) >= 11 is 0. The van der Waals surface area contributed by atoms with Gasteiger partial charge in [-0.05, 0) is 32.9 Å². The Kier molecular flexibility index (Phi) is 2.49. The van der Waals surface area contributed by atoms with Crippen LogP contribution in [-0.4, -0.2) is 27.4 Å². The van der Waals surface area contributed by atoms with Crippen molar-refractivity contribution < 1.29 is 4.79 Å². The number of imidazole rings is 1. The monoisotopic (exact) mass is 255 g/mol. The highest BCUT2D eigenvalue weighted by Crippen LogP contribution is 2.32. The Morgan fingerprint density at radius 2 is 2.00 bits per heavy atom. The third-order valence-corrected chi connectivity index (χ3v) is 3.94. The maximum absolute atomic E-state index is 12.6. The number of hydrogen-bond acceptors (Lipinski definition) is 2. The first-order valence-electron chi connectivity index (χ1n) is 6.42. The summed E-state index contributed by atoms with van der Waals surface area (Å²) in [6, 6.07) is 5.99. The maximum atomic E-state index is 12.6. The molecule has 1 aromatic carbocycles. The first-order chi connectivity index (χ1) is 9.00. The van der Waals surface area contributed by atoms with Gasteiger partial charge in [0.15, 0.2) is 0 Å². The van der Waals surface area contributed by atoms with Gasteiger partial charge in [0.1, 0.15) is 0 Å². The highest BCUT2D eigenvalue weighted by Gasteiger charge is 2.30. The molecule has 98 valence electrons. The molecule has 0 saturated heterocycles. The van der Waals surface area contributed by atoms with Gasteiger partial charge in [0.25, 0.3) is 5.91 Å². The second-order valence-electron chi connectivity index (χ2n) is 5.20. The number of carbonyl (C=O) groups excluding carboxylic acids is 1. The minimum Gasteiger partial charge on any atom is -0.333 e. The normalized spacial score (nSPS) is 18.0. The van der Waals surface area contributed by atoms with E-state index < -0.39 is 0 Å². The third-order valence-electron chi connectivity index (χ3n) is 3.94. The molecule has 4 heteroatoms. The number of benzene rings is 1. The van der Waals surface area contributed by atoms with E-state index in [-0.39, 0.29) is 11.9 Å². The zero-order valence-corrected chi connectivity index (χ0v) is 11.6. The summed E-state index contributed by atoms with van der Waals surface area (Å²) in [5.41, 5.74) is 4.81. The Labute approximate surface area is 112 Å². The van der Waals surface area contributed by atoms with Crippen molar-refractivity contribution in [3.8, 4) is 5.69 Å². The summed E-state index contributed by atoms with van der Waals surface area (Å²) in [7, 11) is 1.85. The number of aryl methyl sites for hydroxylation is 2. The molecule has 0 spiro atoms. The van der Waals surface area contributed by atoms with Gasteiger partial charge in [-0.25, -0.2) is 4.98 Å². The molecule has 0 bridgehead atoms. The number of carbonyl (C=O) groups is 1. The minimum atomic E-state index is 0.0164. The smallest absolute Gasteiger partial charge is 0.256 e. The van der Waals surface area contributed by atoms with E-state index in [1.807, 2.05) is 56.9 Å².